The van der Waals surface area contributed by atoms with Gasteiger partial charge in [-0.25, -0.2) is 0 Å². The summed E-state index contributed by atoms with van der Waals surface area (Å²) in [5.41, 5.74) is 0. The first-order valence-electron chi connectivity index (χ1n) is 4.53. The zero-order valence-electron chi connectivity index (χ0n) is 8.21. The van der Waals surface area contributed by atoms with Crippen molar-refractivity contribution in [3.8, 4) is 0 Å². The highest BCUT2D eigenvalue weighted by Crippen LogP contribution is 2.21. The first-order chi connectivity index (χ1) is 7.38. The average Bonchev–Trinajstić information content (AvgIpc) is 2.64. The van der Waals surface area contributed by atoms with E-state index in [0.717, 1.165) is 0 Å². The van der Waals surface area contributed by atoms with E-state index in [-0.39, 0.29) is 18.6 Å². The van der Waals surface area contributed by atoms with Crippen LogP contribution in [0.25, 0.3) is 0 Å². The number of carbonyl (C=O) groups is 2. The van der Waals surface area contributed by atoms with Gasteiger partial charge in [-0.2, -0.15) is 13.2 Å². The Labute approximate surface area is 94.1 Å². The van der Waals surface area contributed by atoms with E-state index in [9.17, 15) is 22.8 Å². The molecule has 1 aromatic rings. The maximum atomic E-state index is 11.8. The molecule has 1 heterocycles. The van der Waals surface area contributed by atoms with E-state index >= 15 is 0 Å². The Morgan fingerprint density at radius 1 is 1.25 bits per heavy atom. The quantitative estimate of drug-likeness (QED) is 0.752. The van der Waals surface area contributed by atoms with Crippen LogP contribution in [0.15, 0.2) is 17.5 Å². The minimum Gasteiger partial charge on any atom is -0.299 e. The molecular weight excluding hydrogens is 241 g/mol. The van der Waals surface area contributed by atoms with Crippen LogP contribution < -0.4 is 0 Å². The molecule has 2 nitrogen and oxygen atoms in total. The molecule has 0 saturated carbocycles. The number of hydrogen-bond donors (Lipinski definition) is 0. The van der Waals surface area contributed by atoms with Crippen LogP contribution in [0.2, 0.25) is 0 Å². The third-order valence-electron chi connectivity index (χ3n) is 1.82. The van der Waals surface area contributed by atoms with Crippen molar-refractivity contribution in [1.29, 1.82) is 0 Å². The molecule has 0 amide bonds. The Morgan fingerprint density at radius 2 is 1.94 bits per heavy atom. The topological polar surface area (TPSA) is 34.1 Å². The van der Waals surface area contributed by atoms with E-state index in [0.29, 0.717) is 4.88 Å². The molecule has 0 aliphatic heterocycles. The summed E-state index contributed by atoms with van der Waals surface area (Å²) in [5, 5.41) is 1.70. The highest BCUT2D eigenvalue weighted by Gasteiger charge is 2.30. The van der Waals surface area contributed by atoms with Gasteiger partial charge in [0.25, 0.3) is 0 Å². The maximum Gasteiger partial charge on any atom is 0.395 e. The van der Waals surface area contributed by atoms with Gasteiger partial charge in [-0.3, -0.25) is 9.59 Å². The molecule has 0 aliphatic carbocycles. The molecule has 0 aromatic carbocycles. The van der Waals surface area contributed by atoms with Gasteiger partial charge < -0.3 is 0 Å². The van der Waals surface area contributed by atoms with Crippen molar-refractivity contribution in [3.63, 3.8) is 0 Å². The van der Waals surface area contributed by atoms with E-state index in [4.69, 9.17) is 0 Å². The molecular formula is C10H9F3O2S. The smallest absolute Gasteiger partial charge is 0.299 e. The van der Waals surface area contributed by atoms with Crippen molar-refractivity contribution in [3.05, 3.63) is 22.4 Å². The van der Waals surface area contributed by atoms with E-state index in [2.05, 4.69) is 0 Å². The van der Waals surface area contributed by atoms with Crippen LogP contribution >= 0.6 is 11.3 Å². The molecule has 1 aromatic heterocycles. The van der Waals surface area contributed by atoms with Crippen molar-refractivity contribution in [1.82, 2.24) is 0 Å². The van der Waals surface area contributed by atoms with Crippen LogP contribution in [0.5, 0.6) is 0 Å². The van der Waals surface area contributed by atoms with Crippen molar-refractivity contribution in [2.24, 2.45) is 0 Å². The second-order valence-electron chi connectivity index (χ2n) is 3.23. The zero-order valence-corrected chi connectivity index (χ0v) is 9.03. The fraction of sp³-hybridized carbons (Fsp3) is 0.400. The fourth-order valence-electron chi connectivity index (χ4n) is 1.13. The average molecular weight is 250 g/mol. The number of halogens is 3. The molecule has 0 fully saturated rings. The Morgan fingerprint density at radius 3 is 2.44 bits per heavy atom. The van der Waals surface area contributed by atoms with E-state index < -0.39 is 18.4 Å². The summed E-state index contributed by atoms with van der Waals surface area (Å²) < 4.78 is 35.4. The largest absolute Gasteiger partial charge is 0.395 e. The minimum absolute atomic E-state index is 0.157. The van der Waals surface area contributed by atoms with Crippen molar-refractivity contribution in [2.75, 3.05) is 0 Å². The lowest BCUT2D eigenvalue weighted by Crippen LogP contribution is -2.15. The van der Waals surface area contributed by atoms with Gasteiger partial charge in [0, 0.05) is 12.8 Å². The SMILES string of the molecule is O=C(CCC(=O)c1cccs1)CC(F)(F)F. The molecule has 0 radical (unpaired) electrons. The predicted octanol–water partition coefficient (Wildman–Crippen LogP) is 3.23. The van der Waals surface area contributed by atoms with Crippen LogP contribution in [0.4, 0.5) is 13.2 Å². The summed E-state index contributed by atoms with van der Waals surface area (Å²) in [6.07, 6.45) is -6.44. The molecule has 0 spiro atoms. The first kappa shape index (κ1) is 12.9. The monoisotopic (exact) mass is 250 g/mol. The molecule has 1 rings (SSSR count). The second-order valence-corrected chi connectivity index (χ2v) is 4.18. The molecule has 16 heavy (non-hydrogen) atoms. The predicted molar refractivity (Wildman–Crippen MR) is 53.6 cm³/mol. The lowest BCUT2D eigenvalue weighted by Gasteiger charge is -2.04. The summed E-state index contributed by atoms with van der Waals surface area (Å²) in [6, 6.07) is 3.26. The van der Waals surface area contributed by atoms with Crippen LogP contribution in [-0.2, 0) is 4.79 Å². The van der Waals surface area contributed by atoms with Crippen molar-refractivity contribution >= 4 is 22.9 Å². The molecule has 0 N–H and O–H groups in total. The minimum atomic E-state index is -4.48. The Hall–Kier alpha value is -1.17. The number of Topliss-reactive ketones (excluding diaryl/α,β-unsaturated/α-hetero) is 2. The normalized spacial score (nSPS) is 11.4. The van der Waals surface area contributed by atoms with Gasteiger partial charge >= 0.3 is 6.18 Å². The van der Waals surface area contributed by atoms with Gasteiger partial charge in [0.15, 0.2) is 5.78 Å². The van der Waals surface area contributed by atoms with E-state index in [1.54, 1.807) is 17.5 Å². The highest BCUT2D eigenvalue weighted by atomic mass is 32.1. The van der Waals surface area contributed by atoms with Gasteiger partial charge in [-0.1, -0.05) is 6.07 Å². The lowest BCUT2D eigenvalue weighted by molar-refractivity contribution is -0.152. The molecule has 0 unspecified atom stereocenters. The molecule has 0 saturated heterocycles. The number of rotatable bonds is 5. The number of ketones is 2. The summed E-state index contributed by atoms with van der Waals surface area (Å²) in [7, 11) is 0. The standard InChI is InChI=1S/C10H9F3O2S/c11-10(12,13)6-7(14)3-4-8(15)9-2-1-5-16-9/h1-2,5H,3-4,6H2. The van der Waals surface area contributed by atoms with Gasteiger partial charge in [-0.15, -0.1) is 11.3 Å². The second kappa shape index (κ2) is 5.25. The number of hydrogen-bond acceptors (Lipinski definition) is 3. The molecule has 0 atom stereocenters. The maximum absolute atomic E-state index is 11.8. The van der Waals surface area contributed by atoms with Crippen LogP contribution in [-0.4, -0.2) is 17.7 Å². The van der Waals surface area contributed by atoms with Crippen LogP contribution in [0.1, 0.15) is 28.9 Å². The fourth-order valence-corrected chi connectivity index (χ4v) is 1.82. The molecule has 6 heteroatoms. The summed E-state index contributed by atoms with van der Waals surface area (Å²) in [6.45, 7) is 0. The van der Waals surface area contributed by atoms with Gasteiger partial charge in [0.2, 0.25) is 0 Å². The Bertz CT molecular complexity index is 368. The third kappa shape index (κ3) is 4.57. The number of carbonyl (C=O) groups excluding carboxylic acids is 2. The van der Waals surface area contributed by atoms with E-state index in [1.807, 2.05) is 0 Å². The van der Waals surface area contributed by atoms with Crippen molar-refractivity contribution < 1.29 is 22.8 Å². The number of thiophene rings is 1. The molecule has 0 bridgehead atoms. The Balaban J connectivity index is 2.35. The molecule has 88 valence electrons. The van der Waals surface area contributed by atoms with Crippen LogP contribution in [0.3, 0.4) is 0 Å². The van der Waals surface area contributed by atoms with Crippen LogP contribution in [0, 0.1) is 0 Å². The molecule has 0 aliphatic rings. The zero-order chi connectivity index (χ0) is 12.2. The lowest BCUT2D eigenvalue weighted by atomic mass is 10.1. The first-order valence-corrected chi connectivity index (χ1v) is 5.41. The van der Waals surface area contributed by atoms with E-state index in [1.165, 1.54) is 11.3 Å². The van der Waals surface area contributed by atoms with Gasteiger partial charge in [0.1, 0.15) is 12.2 Å². The van der Waals surface area contributed by atoms with Gasteiger partial charge in [-0.05, 0) is 11.4 Å². The van der Waals surface area contributed by atoms with Gasteiger partial charge in [0.05, 0.1) is 4.88 Å². The third-order valence-corrected chi connectivity index (χ3v) is 2.74. The van der Waals surface area contributed by atoms with Crippen molar-refractivity contribution in [2.45, 2.75) is 25.4 Å². The summed E-state index contributed by atoms with van der Waals surface area (Å²) in [5.74, 6) is -1.23. The summed E-state index contributed by atoms with van der Waals surface area (Å²) >= 11 is 1.21. The Kier molecular flexibility index (Phi) is 4.23. The highest BCUT2D eigenvalue weighted by molar-refractivity contribution is 7.12. The number of alkyl halides is 3. The summed E-state index contributed by atoms with van der Waals surface area (Å²) in [4.78, 5) is 22.7.